The van der Waals surface area contributed by atoms with Gasteiger partial charge < -0.3 is 19.7 Å². The van der Waals surface area contributed by atoms with E-state index in [-0.39, 0.29) is 11.7 Å². The van der Waals surface area contributed by atoms with Crippen molar-refractivity contribution >= 4 is 23.2 Å². The number of piperidine rings is 1. The van der Waals surface area contributed by atoms with Crippen molar-refractivity contribution in [3.05, 3.63) is 29.3 Å². The number of ether oxygens (including phenoxy) is 2. The van der Waals surface area contributed by atoms with Crippen molar-refractivity contribution in [1.82, 2.24) is 4.90 Å². The van der Waals surface area contributed by atoms with Gasteiger partial charge >= 0.3 is 0 Å². The maximum atomic E-state index is 12.0. The Labute approximate surface area is 135 Å². The molecule has 2 heterocycles. The molecule has 6 heteroatoms. The molecule has 0 saturated carbocycles. The number of carbonyl (C=O) groups excluding carboxylic acids is 1. The second-order valence-corrected chi connectivity index (χ2v) is 6.13. The zero-order chi connectivity index (χ0) is 15.4. The van der Waals surface area contributed by atoms with Crippen LogP contribution in [0.2, 0.25) is 5.02 Å². The highest BCUT2D eigenvalue weighted by molar-refractivity contribution is 6.33. The molecule has 1 spiro atoms. The third-order valence-corrected chi connectivity index (χ3v) is 4.56. The fraction of sp³-hybridized carbons (Fsp3) is 0.562. The summed E-state index contributed by atoms with van der Waals surface area (Å²) in [5.41, 5.74) is 0.666. The van der Waals surface area contributed by atoms with E-state index in [1.165, 1.54) is 0 Å². The third kappa shape index (κ3) is 3.79. The van der Waals surface area contributed by atoms with Crippen molar-refractivity contribution in [2.45, 2.75) is 25.0 Å². The van der Waals surface area contributed by atoms with E-state index < -0.39 is 0 Å². The molecule has 2 aliphatic rings. The highest BCUT2D eigenvalue weighted by atomic mass is 35.5. The van der Waals surface area contributed by atoms with Gasteiger partial charge in [0.15, 0.2) is 5.79 Å². The van der Waals surface area contributed by atoms with Crippen LogP contribution in [0.4, 0.5) is 5.69 Å². The van der Waals surface area contributed by atoms with Crippen LogP contribution < -0.4 is 5.32 Å². The first-order valence-corrected chi connectivity index (χ1v) is 8.09. The molecule has 2 aliphatic heterocycles. The Hall–Kier alpha value is -1.14. The molecule has 1 N–H and O–H groups in total. The highest BCUT2D eigenvalue weighted by Gasteiger charge is 2.39. The summed E-state index contributed by atoms with van der Waals surface area (Å²) in [6, 6.07) is 7.27. The van der Waals surface area contributed by atoms with E-state index in [9.17, 15) is 4.79 Å². The van der Waals surface area contributed by atoms with Crippen molar-refractivity contribution in [2.24, 2.45) is 0 Å². The largest absolute Gasteiger partial charge is 0.347 e. The predicted molar refractivity (Wildman–Crippen MR) is 85.0 cm³/mol. The molecule has 1 amide bonds. The average Bonchev–Trinajstić information content (AvgIpc) is 2.97. The first-order valence-electron chi connectivity index (χ1n) is 7.72. The Morgan fingerprint density at radius 2 is 1.91 bits per heavy atom. The molecule has 1 aromatic carbocycles. The monoisotopic (exact) mass is 324 g/mol. The average molecular weight is 325 g/mol. The summed E-state index contributed by atoms with van der Waals surface area (Å²) in [5.74, 6) is -0.363. The number of carbonyl (C=O) groups is 1. The number of anilines is 1. The molecule has 120 valence electrons. The lowest BCUT2D eigenvalue weighted by Gasteiger charge is -2.37. The van der Waals surface area contributed by atoms with Gasteiger partial charge in [0.1, 0.15) is 0 Å². The molecule has 0 aliphatic carbocycles. The van der Waals surface area contributed by atoms with Gasteiger partial charge in [-0.2, -0.15) is 0 Å². The normalized spacial score (nSPS) is 21.1. The van der Waals surface area contributed by atoms with Crippen LogP contribution >= 0.6 is 11.6 Å². The van der Waals surface area contributed by atoms with Crippen molar-refractivity contribution in [2.75, 3.05) is 38.2 Å². The number of amides is 1. The third-order valence-electron chi connectivity index (χ3n) is 4.23. The van der Waals surface area contributed by atoms with Crippen LogP contribution in [0.3, 0.4) is 0 Å². The minimum Gasteiger partial charge on any atom is -0.347 e. The molecule has 0 unspecified atom stereocenters. The minimum atomic E-state index is -0.351. The predicted octanol–water partition coefficient (Wildman–Crippen LogP) is 2.51. The Bertz CT molecular complexity index is 522. The topological polar surface area (TPSA) is 50.8 Å². The summed E-state index contributed by atoms with van der Waals surface area (Å²) in [5, 5.41) is 3.41. The first-order chi connectivity index (χ1) is 10.7. The second-order valence-electron chi connectivity index (χ2n) is 5.73. The highest BCUT2D eigenvalue weighted by Crippen LogP contribution is 2.31. The molecular formula is C16H21ClN2O3. The lowest BCUT2D eigenvalue weighted by atomic mass is 10.0. The molecule has 0 radical (unpaired) electrons. The summed E-state index contributed by atoms with van der Waals surface area (Å²) in [4.78, 5) is 14.3. The summed E-state index contributed by atoms with van der Waals surface area (Å²) in [7, 11) is 0. The number of nitrogens with zero attached hydrogens (tertiary/aromatic N) is 1. The van der Waals surface area contributed by atoms with Gasteiger partial charge in [-0.05, 0) is 12.1 Å². The maximum Gasteiger partial charge on any atom is 0.225 e. The van der Waals surface area contributed by atoms with Crippen LogP contribution in [-0.2, 0) is 14.3 Å². The molecule has 22 heavy (non-hydrogen) atoms. The standard InChI is InChI=1S/C16H21ClN2O3/c17-13-3-1-2-4-14(13)18-15(20)5-8-19-9-6-16(7-10-19)21-11-12-22-16/h1-4H,5-12H2,(H,18,20). The molecule has 3 rings (SSSR count). The number of halogens is 1. The Kier molecular flexibility index (Phi) is 4.98. The zero-order valence-corrected chi connectivity index (χ0v) is 13.3. The molecular weight excluding hydrogens is 304 g/mol. The fourth-order valence-corrected chi connectivity index (χ4v) is 3.12. The van der Waals surface area contributed by atoms with Gasteiger partial charge in [-0.1, -0.05) is 23.7 Å². The van der Waals surface area contributed by atoms with Crippen LogP contribution in [0.5, 0.6) is 0 Å². The van der Waals surface area contributed by atoms with Crippen LogP contribution in [0, 0.1) is 0 Å². The van der Waals surface area contributed by atoms with Crippen molar-refractivity contribution in [3.8, 4) is 0 Å². The first kappa shape index (κ1) is 15.7. The minimum absolute atomic E-state index is 0.0123. The number of benzene rings is 1. The fourth-order valence-electron chi connectivity index (χ4n) is 2.94. The SMILES string of the molecule is O=C(CCN1CCC2(CC1)OCCO2)Nc1ccccc1Cl. The molecule has 5 nitrogen and oxygen atoms in total. The summed E-state index contributed by atoms with van der Waals surface area (Å²) in [6.07, 6.45) is 2.21. The van der Waals surface area contributed by atoms with E-state index in [4.69, 9.17) is 21.1 Å². The van der Waals surface area contributed by atoms with E-state index in [2.05, 4.69) is 10.2 Å². The lowest BCUT2D eigenvalue weighted by Crippen LogP contribution is -2.45. The molecule has 0 atom stereocenters. The van der Waals surface area contributed by atoms with Crippen molar-refractivity contribution in [1.29, 1.82) is 0 Å². The van der Waals surface area contributed by atoms with Gasteiger partial charge in [0.05, 0.1) is 23.9 Å². The molecule has 1 aromatic rings. The van der Waals surface area contributed by atoms with Crippen LogP contribution in [0.1, 0.15) is 19.3 Å². The zero-order valence-electron chi connectivity index (χ0n) is 12.5. The van der Waals surface area contributed by atoms with Crippen molar-refractivity contribution in [3.63, 3.8) is 0 Å². The number of likely N-dealkylation sites (tertiary alicyclic amines) is 1. The van der Waals surface area contributed by atoms with E-state index in [0.29, 0.717) is 30.3 Å². The van der Waals surface area contributed by atoms with E-state index in [1.54, 1.807) is 12.1 Å². The summed E-state index contributed by atoms with van der Waals surface area (Å²) < 4.78 is 11.4. The van der Waals surface area contributed by atoms with Gasteiger partial charge in [0.2, 0.25) is 5.91 Å². The summed E-state index contributed by atoms with van der Waals surface area (Å²) >= 11 is 6.03. The smallest absolute Gasteiger partial charge is 0.225 e. The molecule has 2 saturated heterocycles. The van der Waals surface area contributed by atoms with Crippen LogP contribution in [0.25, 0.3) is 0 Å². The maximum absolute atomic E-state index is 12.0. The Morgan fingerprint density at radius 1 is 1.23 bits per heavy atom. The van der Waals surface area contributed by atoms with Crippen molar-refractivity contribution < 1.29 is 14.3 Å². The second kappa shape index (κ2) is 6.96. The van der Waals surface area contributed by atoms with Gasteiger partial charge in [-0.3, -0.25) is 4.79 Å². The number of rotatable bonds is 4. The van der Waals surface area contributed by atoms with Gasteiger partial charge in [0, 0.05) is 38.9 Å². The van der Waals surface area contributed by atoms with Crippen LogP contribution in [0.15, 0.2) is 24.3 Å². The quantitative estimate of drug-likeness (QED) is 0.924. The Morgan fingerprint density at radius 3 is 2.59 bits per heavy atom. The number of nitrogens with one attached hydrogen (secondary N) is 1. The van der Waals surface area contributed by atoms with Gasteiger partial charge in [-0.15, -0.1) is 0 Å². The van der Waals surface area contributed by atoms with E-state index >= 15 is 0 Å². The molecule has 0 bridgehead atoms. The van der Waals surface area contributed by atoms with E-state index in [0.717, 1.165) is 32.5 Å². The van der Waals surface area contributed by atoms with Gasteiger partial charge in [0.25, 0.3) is 0 Å². The molecule has 2 fully saturated rings. The van der Waals surface area contributed by atoms with Gasteiger partial charge in [-0.25, -0.2) is 0 Å². The molecule has 0 aromatic heterocycles. The lowest BCUT2D eigenvalue weighted by molar-refractivity contribution is -0.185. The number of para-hydroxylation sites is 1. The van der Waals surface area contributed by atoms with Crippen LogP contribution in [-0.4, -0.2) is 49.4 Å². The summed E-state index contributed by atoms with van der Waals surface area (Å²) in [6.45, 7) is 3.94. The number of hydrogen-bond donors (Lipinski definition) is 1. The Balaban J connectivity index is 1.41. The number of hydrogen-bond acceptors (Lipinski definition) is 4. The van der Waals surface area contributed by atoms with E-state index in [1.807, 2.05) is 12.1 Å².